The van der Waals surface area contributed by atoms with Crippen LogP contribution >= 0.6 is 11.6 Å². The Morgan fingerprint density at radius 2 is 1.69 bits per heavy atom. The van der Waals surface area contributed by atoms with Crippen LogP contribution in [0.1, 0.15) is 110 Å². The molecule has 6 N–H and O–H groups in total. The number of nitrogens with two attached hydrogens (primary N) is 2. The molecule has 0 aliphatic carbocycles. The molecule has 2 rings (SSSR count). The maximum absolute atomic E-state index is 13.6. The smallest absolute Gasteiger partial charge is 0.181 e. The van der Waals surface area contributed by atoms with Crippen LogP contribution in [-0.2, 0) is 11.2 Å². The highest BCUT2D eigenvalue weighted by Crippen LogP contribution is 2.33. The first-order chi connectivity index (χ1) is 19.7. The van der Waals surface area contributed by atoms with E-state index >= 15 is 0 Å². The number of hydrazone groups is 1. The van der Waals surface area contributed by atoms with E-state index in [4.69, 9.17) is 28.2 Å². The van der Waals surface area contributed by atoms with Gasteiger partial charge in [0.25, 0.3) is 0 Å². The summed E-state index contributed by atoms with van der Waals surface area (Å²) < 4.78 is 0. The highest BCUT2D eigenvalue weighted by Gasteiger charge is 2.25. The molecule has 2 aromatic carbocycles. The summed E-state index contributed by atoms with van der Waals surface area (Å²) in [5, 5.41) is 8.05. The molecule has 232 valence electrons. The number of hydrogen-bond donors (Lipinski definition) is 4. The molecule has 0 saturated heterocycles. The Labute approximate surface area is 258 Å². The van der Waals surface area contributed by atoms with Gasteiger partial charge in [-0.2, -0.15) is 5.10 Å². The molecule has 0 heterocycles. The topological polar surface area (TPSA) is 118 Å². The van der Waals surface area contributed by atoms with Gasteiger partial charge in [0.2, 0.25) is 0 Å². The summed E-state index contributed by atoms with van der Waals surface area (Å²) >= 11 is 6.33. The van der Waals surface area contributed by atoms with E-state index in [0.29, 0.717) is 42.0 Å². The zero-order valence-electron chi connectivity index (χ0n) is 26.8. The molecule has 0 aromatic heterocycles. The highest BCUT2D eigenvalue weighted by molar-refractivity contribution is 6.46. The molecular formula is C34H53ClN6O. The fraction of sp³-hybridized carbons (Fsp3) is 0.559. The Bertz CT molecular complexity index is 1180. The highest BCUT2D eigenvalue weighted by atomic mass is 35.5. The summed E-state index contributed by atoms with van der Waals surface area (Å²) in [7, 11) is 0. The van der Waals surface area contributed by atoms with Crippen molar-refractivity contribution < 1.29 is 4.79 Å². The molecule has 2 atom stereocenters. The molecule has 0 bridgehead atoms. The van der Waals surface area contributed by atoms with E-state index in [1.807, 2.05) is 24.3 Å². The van der Waals surface area contributed by atoms with Crippen molar-refractivity contribution in [2.24, 2.45) is 38.4 Å². The van der Waals surface area contributed by atoms with E-state index in [0.717, 1.165) is 48.8 Å². The molecule has 0 fully saturated rings. The summed E-state index contributed by atoms with van der Waals surface area (Å²) in [4.78, 5) is 18.5. The number of carbonyl (C=O) groups excluding carboxylic acids is 1. The van der Waals surface area contributed by atoms with Crippen molar-refractivity contribution in [1.29, 1.82) is 0 Å². The third kappa shape index (κ3) is 12.6. The first kappa shape index (κ1) is 35.5. The van der Waals surface area contributed by atoms with E-state index in [9.17, 15) is 4.79 Å². The molecule has 0 saturated carbocycles. The van der Waals surface area contributed by atoms with Crippen LogP contribution in [0.2, 0.25) is 5.02 Å². The molecule has 8 heteroatoms. The van der Waals surface area contributed by atoms with Gasteiger partial charge in [0.15, 0.2) is 5.78 Å². The van der Waals surface area contributed by atoms with Crippen molar-refractivity contribution in [2.45, 2.75) is 99.5 Å². The molecule has 2 unspecified atom stereocenters. The fourth-order valence-electron chi connectivity index (χ4n) is 5.16. The van der Waals surface area contributed by atoms with E-state index in [1.165, 1.54) is 0 Å². The standard InChI is InChI=1S/C34H53ClN6O/c1-8-10-27(34(5,6)7)17-18-30(42)32(26-11-9-12-28(35)22-26)39-23-38-29(19-20-33(2,3)4)25-15-13-24(14-16-25)21-31(36)40-41-37/h9,11-16,22,27,29,38,41H,8,10,17-21,23,37H2,1-7H3,(H2,36,40)/b39-32-. The van der Waals surface area contributed by atoms with Crippen LogP contribution in [0.5, 0.6) is 0 Å². The van der Waals surface area contributed by atoms with Gasteiger partial charge in [0, 0.05) is 29.5 Å². The number of ketones is 1. The summed E-state index contributed by atoms with van der Waals surface area (Å²) in [6.07, 6.45) is 6.01. The van der Waals surface area contributed by atoms with Gasteiger partial charge in [-0.1, -0.05) is 109 Å². The predicted octanol–water partition coefficient (Wildman–Crippen LogP) is 7.33. The quantitative estimate of drug-likeness (QED) is 0.0700. The number of carbonyl (C=O) groups is 1. The number of benzene rings is 2. The maximum Gasteiger partial charge on any atom is 0.181 e. The fourth-order valence-corrected chi connectivity index (χ4v) is 5.35. The number of nitrogens with zero attached hydrogens (tertiary/aromatic N) is 2. The van der Waals surface area contributed by atoms with Crippen molar-refractivity contribution in [3.63, 3.8) is 0 Å². The lowest BCUT2D eigenvalue weighted by atomic mass is 9.75. The van der Waals surface area contributed by atoms with Gasteiger partial charge < -0.3 is 5.73 Å². The number of nitrogens with one attached hydrogen (secondary N) is 2. The van der Waals surface area contributed by atoms with Crippen LogP contribution in [0.15, 0.2) is 58.6 Å². The molecule has 0 radical (unpaired) electrons. The Morgan fingerprint density at radius 1 is 1.00 bits per heavy atom. The van der Waals surface area contributed by atoms with Crippen molar-refractivity contribution in [3.05, 3.63) is 70.2 Å². The van der Waals surface area contributed by atoms with E-state index in [1.54, 1.807) is 0 Å². The molecule has 0 aliphatic rings. The third-order valence-corrected chi connectivity index (χ3v) is 7.91. The summed E-state index contributed by atoms with van der Waals surface area (Å²) in [5.74, 6) is 6.20. The minimum atomic E-state index is 0.0613. The van der Waals surface area contributed by atoms with Gasteiger partial charge in [-0.25, -0.2) is 11.4 Å². The van der Waals surface area contributed by atoms with Crippen LogP contribution < -0.4 is 22.4 Å². The molecular weight excluding hydrogens is 544 g/mol. The first-order valence-corrected chi connectivity index (χ1v) is 15.5. The van der Waals surface area contributed by atoms with Crippen molar-refractivity contribution in [2.75, 3.05) is 6.67 Å². The lowest BCUT2D eigenvalue weighted by molar-refractivity contribution is -0.113. The monoisotopic (exact) mass is 596 g/mol. The lowest BCUT2D eigenvalue weighted by Gasteiger charge is -2.30. The van der Waals surface area contributed by atoms with Gasteiger partial charge in [-0.3, -0.25) is 15.1 Å². The number of Topliss-reactive ketones (excluding diaryl/α,β-unsaturated/α-hetero) is 1. The predicted molar refractivity (Wildman–Crippen MR) is 179 cm³/mol. The van der Waals surface area contributed by atoms with Gasteiger partial charge in [0.05, 0.1) is 6.67 Å². The van der Waals surface area contributed by atoms with Crippen LogP contribution in [0.25, 0.3) is 0 Å². The Morgan fingerprint density at radius 3 is 2.26 bits per heavy atom. The Kier molecular flexibility index (Phi) is 14.2. The third-order valence-electron chi connectivity index (χ3n) is 7.68. The largest absolute Gasteiger partial charge is 0.385 e. The van der Waals surface area contributed by atoms with E-state index < -0.39 is 0 Å². The second-order valence-corrected chi connectivity index (χ2v) is 13.9. The maximum atomic E-state index is 13.6. The molecule has 0 amide bonds. The van der Waals surface area contributed by atoms with Gasteiger partial charge in [-0.15, -0.1) is 0 Å². The minimum absolute atomic E-state index is 0.0613. The molecule has 42 heavy (non-hydrogen) atoms. The van der Waals surface area contributed by atoms with Gasteiger partial charge in [-0.05, 0) is 59.3 Å². The average Bonchev–Trinajstić information content (AvgIpc) is 2.90. The normalized spacial score (nSPS) is 14.5. The number of hydrogen-bond acceptors (Lipinski definition) is 6. The molecule has 0 aliphatic heterocycles. The van der Waals surface area contributed by atoms with E-state index in [2.05, 4.69) is 88.7 Å². The Hall–Kier alpha value is -2.74. The number of halogens is 1. The van der Waals surface area contributed by atoms with Crippen molar-refractivity contribution in [1.82, 2.24) is 10.9 Å². The van der Waals surface area contributed by atoms with Crippen LogP contribution in [-0.4, -0.2) is 24.0 Å². The SMILES string of the molecule is CCCC(CCC(=O)/C(=N\CNC(CCC(C)(C)C)c1ccc(C/C(N)=N/NN)cc1)c1cccc(Cl)c1)C(C)(C)C. The van der Waals surface area contributed by atoms with Crippen LogP contribution in [0, 0.1) is 16.7 Å². The minimum Gasteiger partial charge on any atom is -0.385 e. The number of aliphatic imine (C=N–C) groups is 1. The lowest BCUT2D eigenvalue weighted by Crippen LogP contribution is -2.26. The molecule has 2 aromatic rings. The number of amidine groups is 1. The van der Waals surface area contributed by atoms with Crippen LogP contribution in [0.3, 0.4) is 0 Å². The Balaban J connectivity index is 2.28. The second kappa shape index (κ2) is 16.8. The van der Waals surface area contributed by atoms with E-state index in [-0.39, 0.29) is 22.7 Å². The number of hydrazine groups is 1. The summed E-state index contributed by atoms with van der Waals surface area (Å²) in [5.41, 5.74) is 11.9. The number of rotatable bonds is 16. The zero-order chi connectivity index (χ0) is 31.3. The average molecular weight is 597 g/mol. The molecule has 7 nitrogen and oxygen atoms in total. The summed E-state index contributed by atoms with van der Waals surface area (Å²) in [6, 6.07) is 15.9. The van der Waals surface area contributed by atoms with Gasteiger partial charge in [0.1, 0.15) is 11.5 Å². The summed E-state index contributed by atoms with van der Waals surface area (Å²) in [6.45, 7) is 16.1. The zero-order valence-corrected chi connectivity index (χ0v) is 27.5. The first-order valence-electron chi connectivity index (χ1n) is 15.2. The van der Waals surface area contributed by atoms with Crippen molar-refractivity contribution in [3.8, 4) is 0 Å². The van der Waals surface area contributed by atoms with Crippen molar-refractivity contribution >= 4 is 28.9 Å². The van der Waals surface area contributed by atoms with Crippen LogP contribution in [0.4, 0.5) is 0 Å². The van der Waals surface area contributed by atoms with Gasteiger partial charge >= 0.3 is 0 Å². The second-order valence-electron chi connectivity index (χ2n) is 13.5. The molecule has 0 spiro atoms.